The number of hydrogen-bond donors (Lipinski definition) is 0. The minimum Gasteiger partial charge on any atom is -0.497 e. The quantitative estimate of drug-likeness (QED) is 0.580. The summed E-state index contributed by atoms with van der Waals surface area (Å²) in [6, 6.07) is 11.9. The number of hydrogen-bond acceptors (Lipinski definition) is 6. The van der Waals surface area contributed by atoms with Gasteiger partial charge in [0.2, 0.25) is 17.6 Å². The summed E-state index contributed by atoms with van der Waals surface area (Å²) in [5.41, 5.74) is 1.09. The number of aromatic nitrogens is 2. The third kappa shape index (κ3) is 5.03. The van der Waals surface area contributed by atoms with Crippen molar-refractivity contribution < 1.29 is 18.4 Å². The number of ether oxygens (including phenoxy) is 1. The zero-order valence-electron chi connectivity index (χ0n) is 17.1. The number of halogens is 2. The van der Waals surface area contributed by atoms with Gasteiger partial charge in [0.25, 0.3) is 0 Å². The van der Waals surface area contributed by atoms with Gasteiger partial charge in [-0.3, -0.25) is 9.69 Å². The Morgan fingerprint density at radius 1 is 1.16 bits per heavy atom. The monoisotopic (exact) mass is 444 g/mol. The molecule has 0 saturated carbocycles. The molecular weight excluding hydrogens is 423 g/mol. The predicted octanol–water partition coefficient (Wildman–Crippen LogP) is 3.42. The SMILES string of the molecule is COc1ccc(-c2noc(CN3CCN(C(=O)Cc4c(F)cccc4Cl)CC3)n2)cc1. The number of benzene rings is 2. The molecule has 7 nitrogen and oxygen atoms in total. The summed E-state index contributed by atoms with van der Waals surface area (Å²) < 4.78 is 24.5. The van der Waals surface area contributed by atoms with Gasteiger partial charge in [0.1, 0.15) is 11.6 Å². The molecule has 1 saturated heterocycles. The number of nitrogens with zero attached hydrogens (tertiary/aromatic N) is 4. The van der Waals surface area contributed by atoms with Gasteiger partial charge in [-0.2, -0.15) is 4.98 Å². The molecule has 1 fully saturated rings. The first-order valence-corrected chi connectivity index (χ1v) is 10.3. The van der Waals surface area contributed by atoms with Crippen LogP contribution in [0.2, 0.25) is 5.02 Å². The number of rotatable bonds is 6. The Labute approximate surface area is 184 Å². The molecule has 1 amide bonds. The summed E-state index contributed by atoms with van der Waals surface area (Å²) in [4.78, 5) is 20.9. The summed E-state index contributed by atoms with van der Waals surface area (Å²) in [5, 5.41) is 4.32. The van der Waals surface area contributed by atoms with Crippen molar-refractivity contribution in [2.75, 3.05) is 33.3 Å². The van der Waals surface area contributed by atoms with Crippen LogP contribution in [-0.2, 0) is 17.8 Å². The van der Waals surface area contributed by atoms with E-state index in [2.05, 4.69) is 15.0 Å². The average molecular weight is 445 g/mol. The summed E-state index contributed by atoms with van der Waals surface area (Å²) >= 11 is 6.04. The summed E-state index contributed by atoms with van der Waals surface area (Å²) in [6.07, 6.45) is -0.0413. The highest BCUT2D eigenvalue weighted by Crippen LogP contribution is 2.22. The maximum absolute atomic E-state index is 14.0. The van der Waals surface area contributed by atoms with Gasteiger partial charge < -0.3 is 14.2 Å². The van der Waals surface area contributed by atoms with E-state index in [1.54, 1.807) is 18.1 Å². The van der Waals surface area contributed by atoms with Crippen LogP contribution in [-0.4, -0.2) is 59.1 Å². The van der Waals surface area contributed by atoms with Crippen LogP contribution in [0.25, 0.3) is 11.4 Å². The molecule has 0 unspecified atom stereocenters. The molecule has 1 aromatic heterocycles. The van der Waals surface area contributed by atoms with Crippen LogP contribution in [0.1, 0.15) is 11.5 Å². The van der Waals surface area contributed by atoms with E-state index in [4.69, 9.17) is 20.9 Å². The molecule has 4 rings (SSSR count). The van der Waals surface area contributed by atoms with Gasteiger partial charge >= 0.3 is 0 Å². The van der Waals surface area contributed by atoms with E-state index >= 15 is 0 Å². The first-order valence-electron chi connectivity index (χ1n) is 9.93. The Kier molecular flexibility index (Phi) is 6.48. The Hall–Kier alpha value is -2.97. The van der Waals surface area contributed by atoms with Crippen molar-refractivity contribution in [1.82, 2.24) is 19.9 Å². The molecule has 2 aromatic carbocycles. The Morgan fingerprint density at radius 3 is 2.58 bits per heavy atom. The maximum atomic E-state index is 14.0. The molecule has 0 radical (unpaired) electrons. The van der Waals surface area contributed by atoms with Crippen LogP contribution in [0.4, 0.5) is 4.39 Å². The highest BCUT2D eigenvalue weighted by molar-refractivity contribution is 6.31. The third-order valence-corrected chi connectivity index (χ3v) is 5.64. The Bertz CT molecular complexity index is 1030. The molecule has 0 atom stereocenters. The van der Waals surface area contributed by atoms with Crippen LogP contribution in [0, 0.1) is 5.82 Å². The van der Waals surface area contributed by atoms with E-state index in [1.165, 1.54) is 12.1 Å². The van der Waals surface area contributed by atoms with E-state index in [1.807, 2.05) is 24.3 Å². The summed E-state index contributed by atoms with van der Waals surface area (Å²) in [6.45, 7) is 2.92. The normalized spacial score (nSPS) is 14.6. The lowest BCUT2D eigenvalue weighted by molar-refractivity contribution is -0.132. The molecule has 1 aliphatic heterocycles. The second kappa shape index (κ2) is 9.45. The summed E-state index contributed by atoms with van der Waals surface area (Å²) in [5.74, 6) is 1.21. The highest BCUT2D eigenvalue weighted by atomic mass is 35.5. The minimum absolute atomic E-state index is 0.0413. The second-order valence-corrected chi connectivity index (χ2v) is 7.68. The minimum atomic E-state index is -0.455. The fourth-order valence-electron chi connectivity index (χ4n) is 3.49. The fourth-order valence-corrected chi connectivity index (χ4v) is 3.72. The number of piperazine rings is 1. The van der Waals surface area contributed by atoms with Gasteiger partial charge in [-0.15, -0.1) is 0 Å². The van der Waals surface area contributed by atoms with Crippen molar-refractivity contribution in [3.8, 4) is 17.1 Å². The van der Waals surface area contributed by atoms with Crippen LogP contribution in [0.5, 0.6) is 5.75 Å². The largest absolute Gasteiger partial charge is 0.497 e. The van der Waals surface area contributed by atoms with E-state index in [0.717, 1.165) is 11.3 Å². The van der Waals surface area contributed by atoms with Crippen LogP contribution >= 0.6 is 11.6 Å². The second-order valence-electron chi connectivity index (χ2n) is 7.27. The van der Waals surface area contributed by atoms with Crippen LogP contribution < -0.4 is 4.74 Å². The molecule has 162 valence electrons. The first-order chi connectivity index (χ1) is 15.0. The molecule has 3 aromatic rings. The number of amides is 1. The molecule has 2 heterocycles. The molecule has 31 heavy (non-hydrogen) atoms. The number of carbonyl (C=O) groups is 1. The molecule has 0 bridgehead atoms. The smallest absolute Gasteiger partial charge is 0.241 e. The lowest BCUT2D eigenvalue weighted by Crippen LogP contribution is -2.48. The molecule has 0 spiro atoms. The van der Waals surface area contributed by atoms with Gasteiger partial charge in [0, 0.05) is 42.3 Å². The molecular formula is C22H22ClFN4O3. The van der Waals surface area contributed by atoms with Gasteiger partial charge in [0.05, 0.1) is 20.1 Å². The zero-order valence-corrected chi connectivity index (χ0v) is 17.8. The van der Waals surface area contributed by atoms with E-state index in [-0.39, 0.29) is 22.9 Å². The summed E-state index contributed by atoms with van der Waals surface area (Å²) in [7, 11) is 1.61. The maximum Gasteiger partial charge on any atom is 0.241 e. The predicted molar refractivity (Wildman–Crippen MR) is 113 cm³/mol. The Balaban J connectivity index is 1.30. The average Bonchev–Trinajstić information content (AvgIpc) is 3.25. The first kappa shape index (κ1) is 21.3. The fraction of sp³-hybridized carbons (Fsp3) is 0.318. The standard InChI is InChI=1S/C22H22ClFN4O3/c1-30-16-7-5-15(6-8-16)22-25-20(31-26-22)14-27-9-11-28(12-10-27)21(29)13-17-18(23)3-2-4-19(17)24/h2-8H,9-14H2,1H3. The Morgan fingerprint density at radius 2 is 1.90 bits per heavy atom. The molecule has 9 heteroatoms. The highest BCUT2D eigenvalue weighted by Gasteiger charge is 2.24. The van der Waals surface area contributed by atoms with Crippen molar-refractivity contribution in [1.29, 1.82) is 0 Å². The lowest BCUT2D eigenvalue weighted by Gasteiger charge is -2.34. The molecule has 1 aliphatic rings. The number of carbonyl (C=O) groups excluding carboxylic acids is 1. The van der Waals surface area contributed by atoms with Crippen LogP contribution in [0.15, 0.2) is 47.0 Å². The van der Waals surface area contributed by atoms with Crippen molar-refractivity contribution in [3.05, 3.63) is 64.8 Å². The molecule has 0 aliphatic carbocycles. The number of methoxy groups -OCH3 is 1. The van der Waals surface area contributed by atoms with Crippen molar-refractivity contribution >= 4 is 17.5 Å². The zero-order chi connectivity index (χ0) is 21.8. The van der Waals surface area contributed by atoms with Gasteiger partial charge in [-0.05, 0) is 36.4 Å². The van der Waals surface area contributed by atoms with Crippen molar-refractivity contribution in [2.24, 2.45) is 0 Å². The lowest BCUT2D eigenvalue weighted by atomic mass is 10.1. The van der Waals surface area contributed by atoms with Gasteiger partial charge in [0.15, 0.2) is 0 Å². The topological polar surface area (TPSA) is 71.7 Å². The molecule has 0 N–H and O–H groups in total. The van der Waals surface area contributed by atoms with Crippen molar-refractivity contribution in [2.45, 2.75) is 13.0 Å². The third-order valence-electron chi connectivity index (χ3n) is 5.29. The van der Waals surface area contributed by atoms with Crippen molar-refractivity contribution in [3.63, 3.8) is 0 Å². The van der Waals surface area contributed by atoms with E-state index < -0.39 is 5.82 Å². The van der Waals surface area contributed by atoms with Crippen LogP contribution in [0.3, 0.4) is 0 Å². The van der Waals surface area contributed by atoms with Gasteiger partial charge in [-0.1, -0.05) is 22.8 Å². The van der Waals surface area contributed by atoms with E-state index in [9.17, 15) is 9.18 Å². The van der Waals surface area contributed by atoms with E-state index in [0.29, 0.717) is 44.4 Å². The van der Waals surface area contributed by atoms with Gasteiger partial charge in [-0.25, -0.2) is 4.39 Å².